The van der Waals surface area contributed by atoms with Crippen molar-refractivity contribution in [1.82, 2.24) is 10.6 Å². The molecule has 1 aromatic carbocycles. The van der Waals surface area contributed by atoms with E-state index in [0.717, 1.165) is 0 Å². The van der Waals surface area contributed by atoms with Crippen LogP contribution in [0.3, 0.4) is 0 Å². The Balaban J connectivity index is 2.59. The van der Waals surface area contributed by atoms with E-state index in [-0.39, 0.29) is 23.0 Å². The highest BCUT2D eigenvalue weighted by Gasteiger charge is 2.21. The number of carboxylic acid groups (broad SMARTS) is 1. The third kappa shape index (κ3) is 6.46. The average molecular weight is 361 g/mol. The predicted molar refractivity (Wildman–Crippen MR) is 87.8 cm³/mol. The van der Waals surface area contributed by atoms with Crippen molar-refractivity contribution in [2.45, 2.75) is 26.3 Å². The van der Waals surface area contributed by atoms with Crippen LogP contribution < -0.4 is 10.6 Å². The van der Waals surface area contributed by atoms with E-state index in [4.69, 9.17) is 28.3 Å². The van der Waals surface area contributed by atoms with Gasteiger partial charge < -0.3 is 15.7 Å². The molecule has 0 radical (unpaired) electrons. The molecule has 0 saturated carbocycles. The Morgan fingerprint density at radius 2 is 1.87 bits per heavy atom. The van der Waals surface area contributed by atoms with Gasteiger partial charge in [-0.1, -0.05) is 37.0 Å². The van der Waals surface area contributed by atoms with E-state index in [2.05, 4.69) is 10.6 Å². The number of carbonyl (C=O) groups excluding carboxylic acids is 2. The standard InChI is InChI=1S/C15H18Cl2N2O4/c1-8(2)5-12(15(22)23)19-13(20)7-18-14(21)10-6-9(16)3-4-11(10)17/h3-4,6,8,12H,5,7H2,1-2H3,(H,18,21)(H,19,20)(H,22,23)/t12-/m0/s1. The molecular weight excluding hydrogens is 343 g/mol. The van der Waals surface area contributed by atoms with Crippen molar-refractivity contribution in [3.05, 3.63) is 33.8 Å². The molecule has 8 heteroatoms. The number of aliphatic carboxylic acids is 1. The number of hydrogen-bond donors (Lipinski definition) is 3. The molecule has 1 aromatic rings. The Bertz CT molecular complexity index is 605. The highest BCUT2D eigenvalue weighted by molar-refractivity contribution is 6.35. The Labute approximate surface area is 144 Å². The van der Waals surface area contributed by atoms with E-state index in [1.165, 1.54) is 18.2 Å². The van der Waals surface area contributed by atoms with Crippen LogP contribution in [0, 0.1) is 5.92 Å². The lowest BCUT2D eigenvalue weighted by Crippen LogP contribution is -2.46. The Hall–Kier alpha value is -1.79. The second kappa shape index (κ2) is 8.74. The summed E-state index contributed by atoms with van der Waals surface area (Å²) in [6.45, 7) is 3.35. The summed E-state index contributed by atoms with van der Waals surface area (Å²) < 4.78 is 0. The minimum absolute atomic E-state index is 0.108. The number of rotatable bonds is 7. The molecule has 0 aliphatic carbocycles. The van der Waals surface area contributed by atoms with E-state index in [0.29, 0.717) is 11.4 Å². The van der Waals surface area contributed by atoms with Crippen molar-refractivity contribution in [2.24, 2.45) is 5.92 Å². The molecule has 1 rings (SSSR count). The molecule has 0 aliphatic heterocycles. The molecule has 0 aliphatic rings. The zero-order chi connectivity index (χ0) is 17.6. The lowest BCUT2D eigenvalue weighted by molar-refractivity contribution is -0.142. The van der Waals surface area contributed by atoms with Gasteiger partial charge in [-0.2, -0.15) is 0 Å². The van der Waals surface area contributed by atoms with Crippen LogP contribution in [-0.4, -0.2) is 35.5 Å². The van der Waals surface area contributed by atoms with Crippen LogP contribution in [0.25, 0.3) is 0 Å². The number of nitrogens with one attached hydrogen (secondary N) is 2. The van der Waals surface area contributed by atoms with Crippen molar-refractivity contribution in [1.29, 1.82) is 0 Å². The van der Waals surface area contributed by atoms with Gasteiger partial charge in [0, 0.05) is 5.02 Å². The van der Waals surface area contributed by atoms with Crippen LogP contribution in [0.4, 0.5) is 0 Å². The smallest absolute Gasteiger partial charge is 0.326 e. The fourth-order valence-electron chi connectivity index (χ4n) is 1.87. The summed E-state index contributed by atoms with van der Waals surface area (Å²) in [5.74, 6) is -2.17. The third-order valence-corrected chi connectivity index (χ3v) is 3.49. The number of carbonyl (C=O) groups is 3. The van der Waals surface area contributed by atoms with E-state index in [9.17, 15) is 14.4 Å². The van der Waals surface area contributed by atoms with Crippen LogP contribution >= 0.6 is 23.2 Å². The first kappa shape index (κ1) is 19.3. The molecule has 0 unspecified atom stereocenters. The summed E-state index contributed by atoms with van der Waals surface area (Å²) in [4.78, 5) is 34.8. The Morgan fingerprint density at radius 1 is 1.22 bits per heavy atom. The fourth-order valence-corrected chi connectivity index (χ4v) is 2.24. The minimum Gasteiger partial charge on any atom is -0.480 e. The maximum absolute atomic E-state index is 12.0. The average Bonchev–Trinajstić information content (AvgIpc) is 2.46. The monoisotopic (exact) mass is 360 g/mol. The van der Waals surface area contributed by atoms with Crippen LogP contribution in [0.5, 0.6) is 0 Å². The van der Waals surface area contributed by atoms with Crippen molar-refractivity contribution >= 4 is 41.0 Å². The quantitative estimate of drug-likeness (QED) is 0.695. The van der Waals surface area contributed by atoms with Gasteiger partial charge in [0.25, 0.3) is 5.91 Å². The van der Waals surface area contributed by atoms with Crippen molar-refractivity contribution in [2.75, 3.05) is 6.54 Å². The molecule has 0 fully saturated rings. The largest absolute Gasteiger partial charge is 0.480 e. The summed E-state index contributed by atoms with van der Waals surface area (Å²) in [6.07, 6.45) is 0.301. The predicted octanol–water partition coefficient (Wildman–Crippen LogP) is 2.34. The Kier molecular flexibility index (Phi) is 7.32. The van der Waals surface area contributed by atoms with Crippen molar-refractivity contribution in [3.63, 3.8) is 0 Å². The zero-order valence-electron chi connectivity index (χ0n) is 12.7. The maximum atomic E-state index is 12.0. The topological polar surface area (TPSA) is 95.5 Å². The first-order valence-electron chi connectivity index (χ1n) is 6.96. The fraction of sp³-hybridized carbons (Fsp3) is 0.400. The molecule has 0 bridgehead atoms. The molecule has 2 amide bonds. The third-order valence-electron chi connectivity index (χ3n) is 2.92. The van der Waals surface area contributed by atoms with E-state index in [1.807, 2.05) is 13.8 Å². The molecule has 6 nitrogen and oxygen atoms in total. The zero-order valence-corrected chi connectivity index (χ0v) is 14.2. The van der Waals surface area contributed by atoms with E-state index in [1.54, 1.807) is 0 Å². The summed E-state index contributed by atoms with van der Waals surface area (Å²) in [5.41, 5.74) is 0.143. The lowest BCUT2D eigenvalue weighted by atomic mass is 10.0. The highest BCUT2D eigenvalue weighted by Crippen LogP contribution is 2.20. The molecule has 126 valence electrons. The molecule has 0 saturated heterocycles. The number of hydrogen-bond acceptors (Lipinski definition) is 3. The van der Waals surface area contributed by atoms with E-state index >= 15 is 0 Å². The van der Waals surface area contributed by atoms with Crippen molar-refractivity contribution in [3.8, 4) is 0 Å². The summed E-state index contributed by atoms with van der Waals surface area (Å²) in [7, 11) is 0. The molecule has 0 spiro atoms. The molecule has 0 aromatic heterocycles. The lowest BCUT2D eigenvalue weighted by Gasteiger charge is -2.16. The van der Waals surface area contributed by atoms with Gasteiger partial charge >= 0.3 is 5.97 Å². The van der Waals surface area contributed by atoms with Crippen LogP contribution in [0.1, 0.15) is 30.6 Å². The molecule has 0 heterocycles. The van der Waals surface area contributed by atoms with E-state index < -0.39 is 23.8 Å². The molecule has 23 heavy (non-hydrogen) atoms. The van der Waals surface area contributed by atoms with Crippen LogP contribution in [0.2, 0.25) is 10.0 Å². The summed E-state index contributed by atoms with van der Waals surface area (Å²) >= 11 is 11.7. The normalized spacial score (nSPS) is 11.9. The number of carboxylic acids is 1. The Morgan fingerprint density at radius 3 is 2.43 bits per heavy atom. The number of benzene rings is 1. The van der Waals surface area contributed by atoms with Gasteiger partial charge in [0.1, 0.15) is 6.04 Å². The van der Waals surface area contributed by atoms with Crippen molar-refractivity contribution < 1.29 is 19.5 Å². The van der Waals surface area contributed by atoms with Crippen LogP contribution in [0.15, 0.2) is 18.2 Å². The van der Waals surface area contributed by atoms with Gasteiger partial charge in [-0.25, -0.2) is 4.79 Å². The summed E-state index contributed by atoms with van der Waals surface area (Å²) in [5, 5.41) is 14.3. The second-order valence-electron chi connectivity index (χ2n) is 5.39. The van der Waals surface area contributed by atoms with Gasteiger partial charge in [0.15, 0.2) is 0 Å². The maximum Gasteiger partial charge on any atom is 0.326 e. The number of amides is 2. The molecular formula is C15H18Cl2N2O4. The second-order valence-corrected chi connectivity index (χ2v) is 6.24. The highest BCUT2D eigenvalue weighted by atomic mass is 35.5. The van der Waals surface area contributed by atoms with Gasteiger partial charge in [-0.05, 0) is 30.5 Å². The van der Waals surface area contributed by atoms with Crippen LogP contribution in [-0.2, 0) is 9.59 Å². The van der Waals surface area contributed by atoms with Gasteiger partial charge in [0.2, 0.25) is 5.91 Å². The summed E-state index contributed by atoms with van der Waals surface area (Å²) in [6, 6.07) is 3.41. The molecule has 1 atom stereocenters. The SMILES string of the molecule is CC(C)C[C@H](NC(=O)CNC(=O)c1cc(Cl)ccc1Cl)C(=O)O. The molecule has 3 N–H and O–H groups in total. The van der Waals surface area contributed by atoms with Gasteiger partial charge in [-0.15, -0.1) is 0 Å². The minimum atomic E-state index is -1.11. The van der Waals surface area contributed by atoms with Gasteiger partial charge in [-0.3, -0.25) is 9.59 Å². The first-order valence-corrected chi connectivity index (χ1v) is 7.71. The first-order chi connectivity index (χ1) is 10.7. The number of halogens is 2. The van der Waals surface area contributed by atoms with Gasteiger partial charge in [0.05, 0.1) is 17.1 Å².